The van der Waals surface area contributed by atoms with Crippen molar-refractivity contribution in [3.63, 3.8) is 0 Å². The summed E-state index contributed by atoms with van der Waals surface area (Å²) in [5.41, 5.74) is 3.56. The number of benzene rings is 2. The minimum Gasteiger partial charge on any atom is -0.491 e. The third kappa shape index (κ3) is 4.24. The zero-order chi connectivity index (χ0) is 19.3. The van der Waals surface area contributed by atoms with E-state index in [4.69, 9.17) is 4.74 Å². The summed E-state index contributed by atoms with van der Waals surface area (Å²) in [6.07, 6.45) is 6.75. The maximum Gasteiger partial charge on any atom is 0.145 e. The summed E-state index contributed by atoms with van der Waals surface area (Å²) < 4.78 is 6.10. The molecule has 1 unspecified atom stereocenters. The van der Waals surface area contributed by atoms with Gasteiger partial charge in [0.1, 0.15) is 17.0 Å². The highest BCUT2D eigenvalue weighted by Crippen LogP contribution is 2.34. The Kier molecular flexibility index (Phi) is 5.70. The van der Waals surface area contributed by atoms with Crippen molar-refractivity contribution in [1.82, 2.24) is 4.98 Å². The van der Waals surface area contributed by atoms with Crippen molar-refractivity contribution in [2.75, 3.05) is 6.61 Å². The number of hydrogen-bond acceptors (Lipinski definition) is 3. The highest BCUT2D eigenvalue weighted by Gasteiger charge is 2.34. The van der Waals surface area contributed by atoms with Gasteiger partial charge in [0.25, 0.3) is 0 Å². The van der Waals surface area contributed by atoms with E-state index in [1.165, 1.54) is 11.1 Å². The van der Waals surface area contributed by atoms with Crippen LogP contribution in [0.15, 0.2) is 60.8 Å². The summed E-state index contributed by atoms with van der Waals surface area (Å²) in [6, 6.07) is 18.6. The molecule has 4 rings (SSSR count). The highest BCUT2D eigenvalue weighted by atomic mass is 16.5. The zero-order valence-electron chi connectivity index (χ0n) is 16.4. The zero-order valence-corrected chi connectivity index (χ0v) is 16.4. The molecule has 28 heavy (non-hydrogen) atoms. The molecule has 3 heteroatoms. The first kappa shape index (κ1) is 18.7. The minimum atomic E-state index is 0.0106. The van der Waals surface area contributed by atoms with E-state index >= 15 is 0 Å². The molecule has 0 spiro atoms. The lowest BCUT2D eigenvalue weighted by molar-refractivity contribution is -0.122. The van der Waals surface area contributed by atoms with Crippen molar-refractivity contribution in [2.24, 2.45) is 11.8 Å². The molecular formula is C25H27NO2. The Morgan fingerprint density at radius 3 is 2.86 bits per heavy atom. The maximum atomic E-state index is 12.5. The van der Waals surface area contributed by atoms with Crippen LogP contribution in [0.3, 0.4) is 0 Å². The quantitative estimate of drug-likeness (QED) is 0.546. The molecule has 0 radical (unpaired) electrons. The van der Waals surface area contributed by atoms with E-state index in [2.05, 4.69) is 36.2 Å². The molecule has 1 aliphatic rings. The average molecular weight is 373 g/mol. The largest absolute Gasteiger partial charge is 0.491 e. The van der Waals surface area contributed by atoms with Gasteiger partial charge in [-0.15, -0.1) is 0 Å². The lowest BCUT2D eigenvalue weighted by atomic mass is 9.90. The summed E-state index contributed by atoms with van der Waals surface area (Å²) >= 11 is 0. The average Bonchev–Trinajstić information content (AvgIpc) is 3.06. The molecule has 1 aliphatic carbocycles. The van der Waals surface area contributed by atoms with E-state index in [1.54, 1.807) is 6.20 Å². The number of pyridine rings is 1. The second-order valence-electron chi connectivity index (χ2n) is 7.90. The third-order valence-electron chi connectivity index (χ3n) is 5.88. The van der Waals surface area contributed by atoms with Gasteiger partial charge in [0.2, 0.25) is 0 Å². The second kappa shape index (κ2) is 8.55. The van der Waals surface area contributed by atoms with E-state index in [1.807, 2.05) is 30.3 Å². The number of carbonyl (C=O) groups is 1. The molecule has 3 nitrogen and oxygen atoms in total. The van der Waals surface area contributed by atoms with Gasteiger partial charge in [0.15, 0.2) is 0 Å². The fourth-order valence-corrected chi connectivity index (χ4v) is 4.36. The topological polar surface area (TPSA) is 39.2 Å². The summed E-state index contributed by atoms with van der Waals surface area (Å²) in [5, 5.41) is 1.06. The van der Waals surface area contributed by atoms with Gasteiger partial charge in [0, 0.05) is 18.0 Å². The molecule has 0 bridgehead atoms. The van der Waals surface area contributed by atoms with Crippen LogP contribution in [0.2, 0.25) is 0 Å². The Balaban J connectivity index is 1.36. The second-order valence-corrected chi connectivity index (χ2v) is 7.90. The smallest absolute Gasteiger partial charge is 0.145 e. The van der Waals surface area contributed by atoms with Crippen LogP contribution in [-0.2, 0) is 11.2 Å². The van der Waals surface area contributed by atoms with Crippen molar-refractivity contribution in [2.45, 2.75) is 39.0 Å². The van der Waals surface area contributed by atoms with Crippen LogP contribution >= 0.6 is 0 Å². The summed E-state index contributed by atoms with van der Waals surface area (Å²) in [7, 11) is 0. The summed E-state index contributed by atoms with van der Waals surface area (Å²) in [6.45, 7) is 2.60. The van der Waals surface area contributed by atoms with Gasteiger partial charge in [-0.3, -0.25) is 9.78 Å². The maximum absolute atomic E-state index is 12.5. The van der Waals surface area contributed by atoms with E-state index < -0.39 is 0 Å². The molecule has 2 atom stereocenters. The van der Waals surface area contributed by atoms with Gasteiger partial charge in [-0.05, 0) is 56.2 Å². The normalized spacial score (nSPS) is 19.2. The van der Waals surface area contributed by atoms with Gasteiger partial charge in [-0.25, -0.2) is 0 Å². The number of aryl methyl sites for hydroxylation is 2. The predicted molar refractivity (Wildman–Crippen MR) is 113 cm³/mol. The van der Waals surface area contributed by atoms with Gasteiger partial charge >= 0.3 is 0 Å². The molecule has 0 aliphatic heterocycles. The van der Waals surface area contributed by atoms with E-state index in [0.717, 1.165) is 42.3 Å². The van der Waals surface area contributed by atoms with Crippen molar-refractivity contribution in [1.29, 1.82) is 0 Å². The lowest BCUT2D eigenvalue weighted by Crippen LogP contribution is -2.23. The molecule has 3 aromatic rings. The monoisotopic (exact) mass is 373 g/mol. The first-order chi connectivity index (χ1) is 13.7. The van der Waals surface area contributed by atoms with Crippen LogP contribution in [0.1, 0.15) is 36.8 Å². The van der Waals surface area contributed by atoms with Crippen molar-refractivity contribution in [3.8, 4) is 5.75 Å². The van der Waals surface area contributed by atoms with Crippen molar-refractivity contribution in [3.05, 3.63) is 71.9 Å². The Hall–Kier alpha value is -2.68. The van der Waals surface area contributed by atoms with Crippen LogP contribution in [-0.4, -0.2) is 17.4 Å². The standard InChI is InChI=1S/C25H27NO2/c1-18-6-2-7-19(16-18)8-3-9-20-13-14-23(27)22(20)17-28-24-12-4-10-21-11-5-15-26-25(21)24/h2,4-7,10-12,15-16,20,22H,3,8-9,13-14,17H2,1H3/t20-,22?/m0/s1. The third-order valence-corrected chi connectivity index (χ3v) is 5.88. The fourth-order valence-electron chi connectivity index (χ4n) is 4.36. The fraction of sp³-hybridized carbons (Fsp3) is 0.360. The minimum absolute atomic E-state index is 0.0106. The molecule has 2 aromatic carbocycles. The number of fused-ring (bicyclic) bond motifs is 1. The SMILES string of the molecule is Cc1cccc(CCC[C@H]2CCC(=O)C2COc2cccc3cccnc23)c1. The number of nitrogens with zero attached hydrogens (tertiary/aromatic N) is 1. The van der Waals surface area contributed by atoms with Crippen molar-refractivity contribution >= 4 is 16.7 Å². The first-order valence-corrected chi connectivity index (χ1v) is 10.3. The van der Waals surface area contributed by atoms with Crippen molar-refractivity contribution < 1.29 is 9.53 Å². The molecule has 0 amide bonds. The highest BCUT2D eigenvalue weighted by molar-refractivity contribution is 5.85. The van der Waals surface area contributed by atoms with Crippen LogP contribution in [0.5, 0.6) is 5.75 Å². The van der Waals surface area contributed by atoms with Crippen LogP contribution in [0.25, 0.3) is 10.9 Å². The number of Topliss-reactive ketones (excluding diaryl/α,β-unsaturated/α-hetero) is 1. The van der Waals surface area contributed by atoms with Gasteiger partial charge in [-0.1, -0.05) is 48.0 Å². The lowest BCUT2D eigenvalue weighted by Gasteiger charge is -2.19. The molecular weight excluding hydrogens is 346 g/mol. The first-order valence-electron chi connectivity index (χ1n) is 10.3. The molecule has 1 fully saturated rings. The molecule has 1 aromatic heterocycles. The molecule has 144 valence electrons. The van der Waals surface area contributed by atoms with Gasteiger partial charge in [0.05, 0.1) is 12.5 Å². The number of aromatic nitrogens is 1. The number of para-hydroxylation sites is 1. The number of hydrogen-bond donors (Lipinski definition) is 0. The van der Waals surface area contributed by atoms with Gasteiger partial charge < -0.3 is 4.74 Å². The Morgan fingerprint density at radius 1 is 1.11 bits per heavy atom. The van der Waals surface area contributed by atoms with Crippen LogP contribution in [0, 0.1) is 18.8 Å². The molecule has 1 heterocycles. The van der Waals surface area contributed by atoms with Crippen LogP contribution < -0.4 is 4.74 Å². The molecule has 0 N–H and O–H groups in total. The number of rotatable bonds is 7. The summed E-state index contributed by atoms with van der Waals surface area (Å²) in [4.78, 5) is 16.9. The Bertz CT molecular complexity index is 960. The van der Waals surface area contributed by atoms with Gasteiger partial charge in [-0.2, -0.15) is 0 Å². The summed E-state index contributed by atoms with van der Waals surface area (Å²) in [5.74, 6) is 1.57. The number of carbonyl (C=O) groups excluding carboxylic acids is 1. The Morgan fingerprint density at radius 2 is 1.96 bits per heavy atom. The predicted octanol–water partition coefficient (Wildman–Crippen LogP) is 5.54. The Labute approximate surface area is 166 Å². The molecule has 1 saturated carbocycles. The van der Waals surface area contributed by atoms with E-state index in [0.29, 0.717) is 24.7 Å². The number of ketones is 1. The molecule has 0 saturated heterocycles. The van der Waals surface area contributed by atoms with E-state index in [9.17, 15) is 4.79 Å². The number of ether oxygens (including phenoxy) is 1. The van der Waals surface area contributed by atoms with E-state index in [-0.39, 0.29) is 5.92 Å². The van der Waals surface area contributed by atoms with Crippen LogP contribution in [0.4, 0.5) is 0 Å².